The van der Waals surface area contributed by atoms with Crippen molar-refractivity contribution in [2.75, 3.05) is 65.4 Å². The minimum Gasteiger partial charge on any atom is -0.497 e. The second-order valence-electron chi connectivity index (χ2n) is 7.38. The first-order valence-electron chi connectivity index (χ1n) is 9.53. The molecule has 0 saturated carbocycles. The lowest BCUT2D eigenvalue weighted by atomic mass is 10.2. The summed E-state index contributed by atoms with van der Waals surface area (Å²) >= 11 is 0. The number of hydrogen-bond donors (Lipinski definition) is 1. The van der Waals surface area contributed by atoms with E-state index in [1.165, 1.54) is 5.69 Å². The Balaban J connectivity index is 0.00000392. The van der Waals surface area contributed by atoms with Crippen LogP contribution in [0.3, 0.4) is 0 Å². The number of nitrogens with one attached hydrogen (secondary N) is 1. The van der Waals surface area contributed by atoms with Gasteiger partial charge >= 0.3 is 0 Å². The van der Waals surface area contributed by atoms with E-state index in [9.17, 15) is 4.79 Å². The number of anilines is 1. The maximum Gasteiger partial charge on any atom is 0.243 e. The van der Waals surface area contributed by atoms with Crippen molar-refractivity contribution in [1.82, 2.24) is 15.1 Å². The average Bonchev–Trinajstić information content (AvgIpc) is 2.67. The van der Waals surface area contributed by atoms with Gasteiger partial charge in [0.05, 0.1) is 7.11 Å². The van der Waals surface area contributed by atoms with Crippen LogP contribution in [-0.4, -0.2) is 82.1 Å². The molecule has 8 heteroatoms. The highest BCUT2D eigenvalue weighted by atomic mass is 127. The summed E-state index contributed by atoms with van der Waals surface area (Å²) in [5.74, 6) is 2.22. The smallest absolute Gasteiger partial charge is 0.243 e. The third-order valence-corrected chi connectivity index (χ3v) is 4.53. The highest BCUT2D eigenvalue weighted by molar-refractivity contribution is 14.0. The van der Waals surface area contributed by atoms with Crippen molar-refractivity contribution in [1.29, 1.82) is 0 Å². The van der Waals surface area contributed by atoms with E-state index in [-0.39, 0.29) is 36.4 Å². The van der Waals surface area contributed by atoms with Gasteiger partial charge in [0.15, 0.2) is 5.96 Å². The molecule has 1 aliphatic heterocycles. The number of carbonyl (C=O) groups is 1. The zero-order valence-electron chi connectivity index (χ0n) is 17.6. The number of rotatable bonds is 6. The Bertz CT molecular complexity index is 643. The molecule has 0 bridgehead atoms. The third-order valence-electron chi connectivity index (χ3n) is 4.53. The van der Waals surface area contributed by atoms with E-state index in [1.807, 2.05) is 12.1 Å². The van der Waals surface area contributed by atoms with Crippen LogP contribution in [0.1, 0.15) is 13.8 Å². The molecule has 2 rings (SSSR count). The van der Waals surface area contributed by atoms with Crippen LogP contribution in [0.25, 0.3) is 0 Å². The summed E-state index contributed by atoms with van der Waals surface area (Å²) in [5.41, 5.74) is 1.17. The van der Waals surface area contributed by atoms with Crippen LogP contribution in [-0.2, 0) is 4.79 Å². The van der Waals surface area contributed by atoms with Gasteiger partial charge in [-0.15, -0.1) is 24.0 Å². The number of carbonyl (C=O) groups excluding carboxylic acids is 1. The van der Waals surface area contributed by atoms with Crippen LogP contribution >= 0.6 is 24.0 Å². The van der Waals surface area contributed by atoms with Crippen LogP contribution in [0.5, 0.6) is 5.75 Å². The van der Waals surface area contributed by atoms with Gasteiger partial charge in [-0.25, -0.2) is 4.99 Å². The number of hydrogen-bond acceptors (Lipinski definition) is 4. The SMILES string of the molecule is COc1cccc(N2CCN(C(=NCC(=O)N(C)C)NCC(C)C)CC2)c1.I. The maximum atomic E-state index is 11.9. The van der Waals surface area contributed by atoms with Crippen molar-refractivity contribution in [3.63, 3.8) is 0 Å². The normalized spacial score (nSPS) is 14.6. The predicted octanol–water partition coefficient (Wildman–Crippen LogP) is 2.13. The Kier molecular flexibility index (Phi) is 10.4. The topological polar surface area (TPSA) is 60.4 Å². The van der Waals surface area contributed by atoms with Gasteiger partial charge in [-0.1, -0.05) is 19.9 Å². The van der Waals surface area contributed by atoms with Crippen molar-refractivity contribution in [3.8, 4) is 5.75 Å². The lowest BCUT2D eigenvalue weighted by molar-refractivity contribution is -0.127. The fraction of sp³-hybridized carbons (Fsp3) is 0.600. The highest BCUT2D eigenvalue weighted by Crippen LogP contribution is 2.22. The predicted molar refractivity (Wildman–Crippen MR) is 126 cm³/mol. The molecular weight excluding hydrogens is 469 g/mol. The summed E-state index contributed by atoms with van der Waals surface area (Å²) < 4.78 is 5.33. The summed E-state index contributed by atoms with van der Waals surface area (Å²) in [7, 11) is 5.20. The molecule has 1 saturated heterocycles. The second kappa shape index (κ2) is 12.0. The molecule has 28 heavy (non-hydrogen) atoms. The van der Waals surface area contributed by atoms with E-state index < -0.39 is 0 Å². The monoisotopic (exact) mass is 503 g/mol. The Morgan fingerprint density at radius 3 is 2.50 bits per heavy atom. The lowest BCUT2D eigenvalue weighted by Crippen LogP contribution is -2.53. The van der Waals surface area contributed by atoms with E-state index in [4.69, 9.17) is 4.74 Å². The summed E-state index contributed by atoms with van der Waals surface area (Å²) in [5, 5.41) is 3.42. The summed E-state index contributed by atoms with van der Waals surface area (Å²) in [4.78, 5) is 22.6. The molecule has 1 N–H and O–H groups in total. The number of halogens is 1. The van der Waals surface area contributed by atoms with Crippen molar-refractivity contribution in [3.05, 3.63) is 24.3 Å². The molecule has 7 nitrogen and oxygen atoms in total. The molecule has 0 unspecified atom stereocenters. The van der Waals surface area contributed by atoms with Gasteiger partial charge in [-0.3, -0.25) is 4.79 Å². The first-order chi connectivity index (χ1) is 12.9. The van der Waals surface area contributed by atoms with Crippen LogP contribution in [0, 0.1) is 5.92 Å². The molecule has 0 aromatic heterocycles. The minimum absolute atomic E-state index is 0. The third kappa shape index (κ3) is 7.37. The molecular formula is C20H34IN5O2. The maximum absolute atomic E-state index is 11.9. The average molecular weight is 503 g/mol. The number of ether oxygens (including phenoxy) is 1. The van der Waals surface area contributed by atoms with E-state index >= 15 is 0 Å². The fourth-order valence-electron chi connectivity index (χ4n) is 2.83. The lowest BCUT2D eigenvalue weighted by Gasteiger charge is -2.38. The van der Waals surface area contributed by atoms with Gasteiger partial charge in [0.1, 0.15) is 12.3 Å². The second-order valence-corrected chi connectivity index (χ2v) is 7.38. The van der Waals surface area contributed by atoms with Gasteiger partial charge in [0.25, 0.3) is 0 Å². The van der Waals surface area contributed by atoms with Gasteiger partial charge < -0.3 is 24.8 Å². The quantitative estimate of drug-likeness (QED) is 0.366. The first-order valence-corrected chi connectivity index (χ1v) is 9.53. The van der Waals surface area contributed by atoms with Gasteiger partial charge in [0, 0.05) is 58.6 Å². The molecule has 1 aromatic rings. The summed E-state index contributed by atoms with van der Waals surface area (Å²) in [6, 6.07) is 8.16. The summed E-state index contributed by atoms with van der Waals surface area (Å²) in [6.07, 6.45) is 0. The van der Waals surface area contributed by atoms with Crippen molar-refractivity contribution in [2.45, 2.75) is 13.8 Å². The Morgan fingerprint density at radius 1 is 1.25 bits per heavy atom. The fourth-order valence-corrected chi connectivity index (χ4v) is 2.83. The molecule has 158 valence electrons. The highest BCUT2D eigenvalue weighted by Gasteiger charge is 2.21. The molecule has 1 amide bonds. The molecule has 0 aliphatic carbocycles. The number of methoxy groups -OCH3 is 1. The standard InChI is InChI=1S/C20H33N5O2.HI/c1-16(2)14-21-20(22-15-19(26)23(3)4)25-11-9-24(10-12-25)17-7-6-8-18(13-17)27-5;/h6-8,13,16H,9-12,14-15H2,1-5H3,(H,21,22);1H. The van der Waals surface area contributed by atoms with Crippen LogP contribution in [0.2, 0.25) is 0 Å². The van der Waals surface area contributed by atoms with Crippen LogP contribution in [0.15, 0.2) is 29.3 Å². The first kappa shape index (κ1) is 24.3. The molecule has 0 radical (unpaired) electrons. The Hall–Kier alpha value is -1.71. The van der Waals surface area contributed by atoms with Crippen molar-refractivity contribution >= 4 is 41.5 Å². The van der Waals surface area contributed by atoms with Gasteiger partial charge in [-0.05, 0) is 18.1 Å². The van der Waals surface area contributed by atoms with E-state index in [2.05, 4.69) is 46.1 Å². The number of piperazine rings is 1. The van der Waals surface area contributed by atoms with E-state index in [1.54, 1.807) is 26.1 Å². The van der Waals surface area contributed by atoms with E-state index in [0.29, 0.717) is 5.92 Å². The number of likely N-dealkylation sites (N-methyl/N-ethyl adjacent to an activating group) is 1. The van der Waals surface area contributed by atoms with E-state index in [0.717, 1.165) is 44.4 Å². The number of amides is 1. The number of aliphatic imine (C=N–C) groups is 1. The number of benzene rings is 1. The van der Waals surface area contributed by atoms with Gasteiger partial charge in [0.2, 0.25) is 5.91 Å². The zero-order chi connectivity index (χ0) is 19.8. The van der Waals surface area contributed by atoms with Crippen LogP contribution in [0.4, 0.5) is 5.69 Å². The number of nitrogens with zero attached hydrogens (tertiary/aromatic N) is 4. The molecule has 1 aromatic carbocycles. The molecule has 1 heterocycles. The summed E-state index contributed by atoms with van der Waals surface area (Å²) in [6.45, 7) is 8.85. The minimum atomic E-state index is 0. The van der Waals surface area contributed by atoms with Crippen molar-refractivity contribution in [2.24, 2.45) is 10.9 Å². The molecule has 1 fully saturated rings. The molecule has 1 aliphatic rings. The van der Waals surface area contributed by atoms with Crippen LogP contribution < -0.4 is 15.0 Å². The zero-order valence-corrected chi connectivity index (χ0v) is 20.0. The largest absolute Gasteiger partial charge is 0.497 e. The van der Waals surface area contributed by atoms with Gasteiger partial charge in [-0.2, -0.15) is 0 Å². The van der Waals surface area contributed by atoms with Crippen molar-refractivity contribution < 1.29 is 9.53 Å². The Morgan fingerprint density at radius 2 is 1.93 bits per heavy atom. The molecule has 0 atom stereocenters. The Labute approximate surface area is 186 Å². The number of guanidine groups is 1. The molecule has 0 spiro atoms.